The monoisotopic (exact) mass is 363 g/mol. The molecular formula is C19H20F3N3O. The van der Waals surface area contributed by atoms with Crippen molar-refractivity contribution in [3.63, 3.8) is 0 Å². The van der Waals surface area contributed by atoms with Crippen LogP contribution in [0.4, 0.5) is 13.2 Å². The molecule has 3 rings (SSSR count). The summed E-state index contributed by atoms with van der Waals surface area (Å²) in [5.41, 5.74) is 0.385. The maximum absolute atomic E-state index is 12.9. The zero-order valence-electron chi connectivity index (χ0n) is 14.4. The molecule has 2 aromatic rings. The molecule has 1 saturated heterocycles. The van der Waals surface area contributed by atoms with Crippen molar-refractivity contribution < 1.29 is 18.0 Å². The molecule has 0 saturated carbocycles. The number of rotatable bonds is 3. The van der Waals surface area contributed by atoms with Crippen molar-refractivity contribution in [2.75, 3.05) is 19.6 Å². The number of nitrogens with one attached hydrogen (secondary N) is 1. The second kappa shape index (κ2) is 7.45. The van der Waals surface area contributed by atoms with Crippen molar-refractivity contribution in [2.45, 2.75) is 25.6 Å². The summed E-state index contributed by atoms with van der Waals surface area (Å²) in [7, 11) is 0. The summed E-state index contributed by atoms with van der Waals surface area (Å²) in [5, 5.41) is 3.35. The predicted octanol–water partition coefficient (Wildman–Crippen LogP) is 3.59. The standard InChI is InChI=1S/C19H20F3N3O/c1-2-16-12-25(9-8-23-16)18(26)14-5-3-4-13(10-14)17-11-15(6-7-24-17)19(20,21)22/h3-7,10-11,16,23H,2,8-9,12H2,1H3. The fourth-order valence-electron chi connectivity index (χ4n) is 3.04. The molecule has 2 heterocycles. The molecule has 0 spiro atoms. The lowest BCUT2D eigenvalue weighted by atomic mass is 10.0. The molecule has 0 bridgehead atoms. The Labute approximate surface area is 150 Å². The van der Waals surface area contributed by atoms with Crippen molar-refractivity contribution in [3.8, 4) is 11.3 Å². The fraction of sp³-hybridized carbons (Fsp3) is 0.368. The second-order valence-corrected chi connectivity index (χ2v) is 6.32. The van der Waals surface area contributed by atoms with Crippen LogP contribution in [-0.4, -0.2) is 41.5 Å². The van der Waals surface area contributed by atoms with Crippen molar-refractivity contribution in [3.05, 3.63) is 53.7 Å². The molecule has 4 nitrogen and oxygen atoms in total. The first kappa shape index (κ1) is 18.4. The van der Waals surface area contributed by atoms with Crippen LogP contribution in [0.25, 0.3) is 11.3 Å². The number of carbonyl (C=O) groups is 1. The molecule has 1 aromatic carbocycles. The van der Waals surface area contributed by atoms with Gasteiger partial charge in [0.2, 0.25) is 0 Å². The van der Waals surface area contributed by atoms with Gasteiger partial charge in [0, 0.05) is 43.0 Å². The highest BCUT2D eigenvalue weighted by Crippen LogP contribution is 2.31. The Morgan fingerprint density at radius 2 is 2.12 bits per heavy atom. The number of piperazine rings is 1. The molecule has 7 heteroatoms. The number of pyridine rings is 1. The van der Waals surface area contributed by atoms with E-state index >= 15 is 0 Å². The van der Waals surface area contributed by atoms with Crippen LogP contribution in [0.15, 0.2) is 42.6 Å². The molecule has 26 heavy (non-hydrogen) atoms. The SMILES string of the molecule is CCC1CN(C(=O)c2cccc(-c3cc(C(F)(F)F)ccn3)c2)CCN1. The zero-order chi connectivity index (χ0) is 18.7. The van der Waals surface area contributed by atoms with Gasteiger partial charge in [-0.15, -0.1) is 0 Å². The first-order valence-electron chi connectivity index (χ1n) is 8.55. The van der Waals surface area contributed by atoms with Gasteiger partial charge in [-0.25, -0.2) is 0 Å². The highest BCUT2D eigenvalue weighted by atomic mass is 19.4. The summed E-state index contributed by atoms with van der Waals surface area (Å²) in [5.74, 6) is -0.112. The summed E-state index contributed by atoms with van der Waals surface area (Å²) in [6.45, 7) is 4.04. The number of aromatic nitrogens is 1. The van der Waals surface area contributed by atoms with Gasteiger partial charge in [0.15, 0.2) is 0 Å². The van der Waals surface area contributed by atoms with Gasteiger partial charge in [0.05, 0.1) is 11.3 Å². The van der Waals surface area contributed by atoms with Gasteiger partial charge >= 0.3 is 6.18 Å². The Hall–Kier alpha value is -2.41. The highest BCUT2D eigenvalue weighted by Gasteiger charge is 2.31. The highest BCUT2D eigenvalue weighted by molar-refractivity contribution is 5.95. The number of amides is 1. The summed E-state index contributed by atoms with van der Waals surface area (Å²) >= 11 is 0. The predicted molar refractivity (Wildman–Crippen MR) is 92.7 cm³/mol. The minimum atomic E-state index is -4.43. The quantitative estimate of drug-likeness (QED) is 0.906. The van der Waals surface area contributed by atoms with Crippen LogP contribution >= 0.6 is 0 Å². The molecule has 1 aliphatic rings. The molecule has 1 fully saturated rings. The lowest BCUT2D eigenvalue weighted by molar-refractivity contribution is -0.137. The van der Waals surface area contributed by atoms with Gasteiger partial charge in [0.1, 0.15) is 0 Å². The Kier molecular flexibility index (Phi) is 5.27. The van der Waals surface area contributed by atoms with E-state index in [1.807, 2.05) is 0 Å². The van der Waals surface area contributed by atoms with E-state index in [2.05, 4.69) is 17.2 Å². The molecule has 1 aromatic heterocycles. The van der Waals surface area contributed by atoms with Crippen molar-refractivity contribution in [2.24, 2.45) is 0 Å². The zero-order valence-corrected chi connectivity index (χ0v) is 14.4. The van der Waals surface area contributed by atoms with Crippen molar-refractivity contribution in [1.82, 2.24) is 15.2 Å². The van der Waals surface area contributed by atoms with E-state index in [9.17, 15) is 18.0 Å². The molecule has 1 unspecified atom stereocenters. The molecule has 0 aliphatic carbocycles. The molecule has 1 N–H and O–H groups in total. The smallest absolute Gasteiger partial charge is 0.336 e. The molecule has 1 amide bonds. The molecule has 1 atom stereocenters. The van der Waals surface area contributed by atoms with Crippen LogP contribution in [0, 0.1) is 0 Å². The van der Waals surface area contributed by atoms with Crippen molar-refractivity contribution >= 4 is 5.91 Å². The molecular weight excluding hydrogens is 343 g/mol. The first-order valence-corrected chi connectivity index (χ1v) is 8.55. The number of nitrogens with zero attached hydrogens (tertiary/aromatic N) is 2. The van der Waals surface area contributed by atoms with E-state index in [0.29, 0.717) is 24.2 Å². The van der Waals surface area contributed by atoms with E-state index in [4.69, 9.17) is 0 Å². The number of carbonyl (C=O) groups excluding carboxylic acids is 1. The van der Waals surface area contributed by atoms with Crippen LogP contribution in [0.5, 0.6) is 0 Å². The minimum absolute atomic E-state index is 0.112. The molecule has 138 valence electrons. The number of hydrogen-bond acceptors (Lipinski definition) is 3. The largest absolute Gasteiger partial charge is 0.416 e. The van der Waals surface area contributed by atoms with Gasteiger partial charge in [-0.3, -0.25) is 9.78 Å². The van der Waals surface area contributed by atoms with Crippen molar-refractivity contribution in [1.29, 1.82) is 0 Å². The topological polar surface area (TPSA) is 45.2 Å². The maximum atomic E-state index is 12.9. The summed E-state index contributed by atoms with van der Waals surface area (Å²) in [6, 6.07) is 8.82. The van der Waals surface area contributed by atoms with Gasteiger partial charge < -0.3 is 10.2 Å². The lowest BCUT2D eigenvalue weighted by Gasteiger charge is -2.33. The van der Waals surface area contributed by atoms with Gasteiger partial charge in [-0.1, -0.05) is 19.1 Å². The third kappa shape index (κ3) is 4.04. The average molecular weight is 363 g/mol. The summed E-state index contributed by atoms with van der Waals surface area (Å²) in [4.78, 5) is 18.6. The number of benzene rings is 1. The van der Waals surface area contributed by atoms with Crippen LogP contribution in [0.3, 0.4) is 0 Å². The first-order chi connectivity index (χ1) is 12.4. The Morgan fingerprint density at radius 3 is 2.85 bits per heavy atom. The Morgan fingerprint density at radius 1 is 1.31 bits per heavy atom. The van der Waals surface area contributed by atoms with E-state index in [0.717, 1.165) is 31.3 Å². The average Bonchev–Trinajstić information content (AvgIpc) is 2.67. The summed E-state index contributed by atoms with van der Waals surface area (Å²) in [6.07, 6.45) is -2.37. The summed E-state index contributed by atoms with van der Waals surface area (Å²) < 4.78 is 38.7. The number of hydrogen-bond donors (Lipinski definition) is 1. The van der Waals surface area contributed by atoms with E-state index in [1.165, 1.54) is 0 Å². The minimum Gasteiger partial charge on any atom is -0.336 e. The van der Waals surface area contributed by atoms with Gasteiger partial charge in [-0.2, -0.15) is 13.2 Å². The Balaban J connectivity index is 1.86. The van der Waals surface area contributed by atoms with Gasteiger partial charge in [-0.05, 0) is 30.7 Å². The van der Waals surface area contributed by atoms with Gasteiger partial charge in [0.25, 0.3) is 5.91 Å². The van der Waals surface area contributed by atoms with E-state index in [1.54, 1.807) is 29.2 Å². The van der Waals surface area contributed by atoms with E-state index in [-0.39, 0.29) is 17.6 Å². The third-order valence-electron chi connectivity index (χ3n) is 4.53. The number of alkyl halides is 3. The molecule has 0 radical (unpaired) electrons. The van der Waals surface area contributed by atoms with Crippen LogP contribution in [0.2, 0.25) is 0 Å². The van der Waals surface area contributed by atoms with Crippen LogP contribution in [-0.2, 0) is 6.18 Å². The Bertz CT molecular complexity index is 792. The molecule has 1 aliphatic heterocycles. The van der Waals surface area contributed by atoms with Crippen LogP contribution < -0.4 is 5.32 Å². The normalized spacial score (nSPS) is 18.0. The fourth-order valence-corrected chi connectivity index (χ4v) is 3.04. The second-order valence-electron chi connectivity index (χ2n) is 6.32. The lowest BCUT2D eigenvalue weighted by Crippen LogP contribution is -2.52. The maximum Gasteiger partial charge on any atom is 0.416 e. The van der Waals surface area contributed by atoms with E-state index < -0.39 is 11.7 Å². The third-order valence-corrected chi connectivity index (χ3v) is 4.53. The van der Waals surface area contributed by atoms with Crippen LogP contribution in [0.1, 0.15) is 29.3 Å². The number of halogens is 3.